The van der Waals surface area contributed by atoms with Crippen LogP contribution in [-0.4, -0.2) is 56.7 Å². The summed E-state index contributed by atoms with van der Waals surface area (Å²) in [6, 6.07) is 9.76. The standard InChI is InChI=1S/C22H26F3N5O2.HI/c1-26-22(28-13-19(31)29-18-7-6-17(23)20(24)21(18)25)27-12-15-4-2-3-5-16(15)14-30-8-10-32-11-9-30;/h2-7H,8-14H2,1H3,(H,29,31)(H2,26,27,28);1H. The lowest BCUT2D eigenvalue weighted by molar-refractivity contribution is -0.115. The fourth-order valence-corrected chi connectivity index (χ4v) is 3.26. The number of halogens is 4. The van der Waals surface area contributed by atoms with Gasteiger partial charge in [-0.2, -0.15) is 0 Å². The van der Waals surface area contributed by atoms with E-state index >= 15 is 0 Å². The molecule has 11 heteroatoms. The number of benzene rings is 2. The van der Waals surface area contributed by atoms with Crippen molar-refractivity contribution in [2.45, 2.75) is 13.1 Å². The highest BCUT2D eigenvalue weighted by Gasteiger charge is 2.16. The molecule has 3 rings (SSSR count). The fraction of sp³-hybridized carbons (Fsp3) is 0.364. The summed E-state index contributed by atoms with van der Waals surface area (Å²) < 4.78 is 45.4. The van der Waals surface area contributed by atoms with Crippen LogP contribution in [0.2, 0.25) is 0 Å². The summed E-state index contributed by atoms with van der Waals surface area (Å²) >= 11 is 0. The summed E-state index contributed by atoms with van der Waals surface area (Å²) in [4.78, 5) is 18.5. The van der Waals surface area contributed by atoms with Crippen LogP contribution in [0, 0.1) is 17.5 Å². The Bertz CT molecular complexity index is 971. The van der Waals surface area contributed by atoms with Gasteiger partial charge in [0, 0.05) is 33.2 Å². The number of hydrogen-bond donors (Lipinski definition) is 3. The minimum absolute atomic E-state index is 0. The Labute approximate surface area is 207 Å². The van der Waals surface area contributed by atoms with Crippen molar-refractivity contribution in [1.29, 1.82) is 0 Å². The van der Waals surface area contributed by atoms with E-state index in [2.05, 4.69) is 31.9 Å². The predicted octanol–water partition coefficient (Wildman–Crippen LogP) is 2.86. The molecule has 0 atom stereocenters. The van der Waals surface area contributed by atoms with Crippen molar-refractivity contribution in [2.24, 2.45) is 4.99 Å². The zero-order chi connectivity index (χ0) is 22.9. The summed E-state index contributed by atoms with van der Waals surface area (Å²) in [6.07, 6.45) is 0. The van der Waals surface area contributed by atoms with Gasteiger partial charge in [-0.15, -0.1) is 24.0 Å². The van der Waals surface area contributed by atoms with Crippen molar-refractivity contribution in [3.8, 4) is 0 Å². The van der Waals surface area contributed by atoms with E-state index in [-0.39, 0.29) is 30.5 Å². The fourth-order valence-electron chi connectivity index (χ4n) is 3.26. The number of carbonyl (C=O) groups excluding carboxylic acids is 1. The normalized spacial score (nSPS) is 14.4. The Balaban J connectivity index is 0.00000385. The molecular formula is C22H27F3IN5O2. The molecule has 33 heavy (non-hydrogen) atoms. The maximum absolute atomic E-state index is 13.7. The number of amides is 1. The summed E-state index contributed by atoms with van der Waals surface area (Å²) in [6.45, 7) is 4.29. The number of anilines is 1. The number of ether oxygens (including phenoxy) is 1. The van der Waals surface area contributed by atoms with Crippen LogP contribution in [0.25, 0.3) is 0 Å². The van der Waals surface area contributed by atoms with Crippen molar-refractivity contribution < 1.29 is 22.7 Å². The largest absolute Gasteiger partial charge is 0.379 e. The number of morpholine rings is 1. The van der Waals surface area contributed by atoms with Gasteiger partial charge < -0.3 is 20.7 Å². The number of rotatable bonds is 7. The Morgan fingerprint density at radius 3 is 2.42 bits per heavy atom. The Kier molecular flexibility index (Phi) is 10.9. The molecule has 1 aliphatic heterocycles. The zero-order valence-corrected chi connectivity index (χ0v) is 20.5. The van der Waals surface area contributed by atoms with E-state index in [1.807, 2.05) is 18.2 Å². The molecule has 2 aromatic rings. The van der Waals surface area contributed by atoms with Gasteiger partial charge in [-0.3, -0.25) is 14.7 Å². The van der Waals surface area contributed by atoms with E-state index < -0.39 is 29.0 Å². The lowest BCUT2D eigenvalue weighted by Crippen LogP contribution is -2.41. The smallest absolute Gasteiger partial charge is 0.243 e. The van der Waals surface area contributed by atoms with Gasteiger partial charge in [0.25, 0.3) is 0 Å². The molecule has 1 saturated heterocycles. The van der Waals surface area contributed by atoms with Gasteiger partial charge in [0.15, 0.2) is 23.4 Å². The predicted molar refractivity (Wildman–Crippen MR) is 131 cm³/mol. The van der Waals surface area contributed by atoms with Crippen molar-refractivity contribution in [3.05, 3.63) is 65.0 Å². The monoisotopic (exact) mass is 577 g/mol. The van der Waals surface area contributed by atoms with Crippen molar-refractivity contribution in [2.75, 3.05) is 45.2 Å². The second kappa shape index (κ2) is 13.4. The van der Waals surface area contributed by atoms with Crippen LogP contribution in [0.15, 0.2) is 41.4 Å². The third-order valence-electron chi connectivity index (χ3n) is 5.01. The molecular weight excluding hydrogens is 550 g/mol. The number of nitrogens with zero attached hydrogens (tertiary/aromatic N) is 2. The van der Waals surface area contributed by atoms with Gasteiger partial charge in [0.1, 0.15) is 0 Å². The van der Waals surface area contributed by atoms with E-state index in [0.29, 0.717) is 12.5 Å². The molecule has 0 saturated carbocycles. The zero-order valence-electron chi connectivity index (χ0n) is 18.2. The first-order valence-corrected chi connectivity index (χ1v) is 10.2. The highest BCUT2D eigenvalue weighted by molar-refractivity contribution is 14.0. The van der Waals surface area contributed by atoms with Gasteiger partial charge in [-0.25, -0.2) is 13.2 Å². The van der Waals surface area contributed by atoms with Crippen LogP contribution in [0.3, 0.4) is 0 Å². The van der Waals surface area contributed by atoms with E-state index in [4.69, 9.17) is 4.74 Å². The van der Waals surface area contributed by atoms with Crippen molar-refractivity contribution in [3.63, 3.8) is 0 Å². The molecule has 1 amide bonds. The first-order valence-electron chi connectivity index (χ1n) is 10.2. The summed E-state index contributed by atoms with van der Waals surface area (Å²) in [5.74, 6) is -4.67. The van der Waals surface area contributed by atoms with Crippen LogP contribution < -0.4 is 16.0 Å². The Hall–Kier alpha value is -2.38. The maximum atomic E-state index is 13.7. The number of hydrogen-bond acceptors (Lipinski definition) is 4. The molecule has 0 aromatic heterocycles. The van der Waals surface area contributed by atoms with Crippen molar-refractivity contribution in [1.82, 2.24) is 15.5 Å². The molecule has 1 fully saturated rings. The van der Waals surface area contributed by atoms with Gasteiger partial charge >= 0.3 is 0 Å². The highest BCUT2D eigenvalue weighted by Crippen LogP contribution is 2.19. The van der Waals surface area contributed by atoms with E-state index in [0.717, 1.165) is 50.5 Å². The Morgan fingerprint density at radius 2 is 1.73 bits per heavy atom. The van der Waals surface area contributed by atoms with Gasteiger partial charge in [-0.05, 0) is 23.3 Å². The second-order valence-corrected chi connectivity index (χ2v) is 7.21. The summed E-state index contributed by atoms with van der Waals surface area (Å²) in [7, 11) is 1.56. The van der Waals surface area contributed by atoms with Crippen LogP contribution in [0.4, 0.5) is 18.9 Å². The first-order chi connectivity index (χ1) is 15.5. The molecule has 0 aliphatic carbocycles. The second-order valence-electron chi connectivity index (χ2n) is 7.21. The molecule has 3 N–H and O–H groups in total. The molecule has 1 heterocycles. The van der Waals surface area contributed by atoms with Crippen LogP contribution >= 0.6 is 24.0 Å². The average Bonchev–Trinajstić information content (AvgIpc) is 2.81. The molecule has 1 aliphatic rings. The number of nitrogens with one attached hydrogen (secondary N) is 3. The number of guanidine groups is 1. The SMILES string of the molecule is CN=C(NCC(=O)Nc1ccc(F)c(F)c1F)NCc1ccccc1CN1CCOCC1.I. The first kappa shape index (κ1) is 26.9. The van der Waals surface area contributed by atoms with Gasteiger partial charge in [-0.1, -0.05) is 24.3 Å². The van der Waals surface area contributed by atoms with Crippen molar-refractivity contribution >= 4 is 41.5 Å². The lowest BCUT2D eigenvalue weighted by Gasteiger charge is -2.27. The quantitative estimate of drug-likeness (QED) is 0.204. The van der Waals surface area contributed by atoms with Crippen LogP contribution in [0.1, 0.15) is 11.1 Å². The van der Waals surface area contributed by atoms with Crippen LogP contribution in [-0.2, 0) is 22.6 Å². The number of aliphatic imine (C=N–C) groups is 1. The Morgan fingerprint density at radius 1 is 1.03 bits per heavy atom. The third-order valence-corrected chi connectivity index (χ3v) is 5.01. The minimum atomic E-state index is -1.64. The van der Waals surface area contributed by atoms with Gasteiger partial charge in [0.2, 0.25) is 5.91 Å². The third kappa shape index (κ3) is 7.86. The molecule has 0 unspecified atom stereocenters. The maximum Gasteiger partial charge on any atom is 0.243 e. The topological polar surface area (TPSA) is 78.0 Å². The molecule has 7 nitrogen and oxygen atoms in total. The lowest BCUT2D eigenvalue weighted by atomic mass is 10.1. The molecule has 2 aromatic carbocycles. The summed E-state index contributed by atoms with van der Waals surface area (Å²) in [5, 5.41) is 8.16. The van der Waals surface area contributed by atoms with Gasteiger partial charge in [0.05, 0.1) is 25.4 Å². The number of carbonyl (C=O) groups is 1. The minimum Gasteiger partial charge on any atom is -0.379 e. The molecule has 0 spiro atoms. The van der Waals surface area contributed by atoms with E-state index in [9.17, 15) is 18.0 Å². The molecule has 0 bridgehead atoms. The van der Waals surface area contributed by atoms with E-state index in [1.165, 1.54) is 5.56 Å². The molecule has 0 radical (unpaired) electrons. The highest BCUT2D eigenvalue weighted by atomic mass is 127. The van der Waals surface area contributed by atoms with E-state index in [1.54, 1.807) is 7.05 Å². The van der Waals surface area contributed by atoms with Crippen LogP contribution in [0.5, 0.6) is 0 Å². The summed E-state index contributed by atoms with van der Waals surface area (Å²) in [5.41, 5.74) is 1.84. The molecule has 180 valence electrons. The average molecular weight is 577 g/mol.